The van der Waals surface area contributed by atoms with Crippen LogP contribution in [0.25, 0.3) is 0 Å². The van der Waals surface area contributed by atoms with Crippen molar-refractivity contribution < 1.29 is 5.11 Å². The number of thiophene rings is 1. The summed E-state index contributed by atoms with van der Waals surface area (Å²) in [7, 11) is 0. The van der Waals surface area contributed by atoms with Gasteiger partial charge < -0.3 is 10.4 Å². The van der Waals surface area contributed by atoms with Crippen LogP contribution in [-0.2, 0) is 6.42 Å². The van der Waals surface area contributed by atoms with Crippen molar-refractivity contribution in [2.45, 2.75) is 19.4 Å². The lowest BCUT2D eigenvalue weighted by Gasteiger charge is -2.08. The van der Waals surface area contributed by atoms with Gasteiger partial charge in [-0.3, -0.25) is 0 Å². The van der Waals surface area contributed by atoms with Crippen molar-refractivity contribution in [2.75, 3.05) is 13.1 Å². The Labute approximate surface area is 87.5 Å². The maximum Gasteiger partial charge on any atom is 0.0931 e. The highest BCUT2D eigenvalue weighted by molar-refractivity contribution is 7.16. The lowest BCUT2D eigenvalue weighted by atomic mass is 10.2. The molecule has 1 unspecified atom stereocenters. The molecule has 4 heteroatoms. The minimum atomic E-state index is -0.310. The molecule has 0 aromatic carbocycles. The number of likely N-dealkylation sites (N-methyl/N-ethyl adjacent to an activating group) is 1. The van der Waals surface area contributed by atoms with E-state index in [9.17, 15) is 5.11 Å². The third-order valence-electron chi connectivity index (χ3n) is 1.70. The first-order valence-electron chi connectivity index (χ1n) is 4.35. The molecule has 0 aliphatic heterocycles. The van der Waals surface area contributed by atoms with Crippen molar-refractivity contribution in [2.24, 2.45) is 0 Å². The molecule has 1 atom stereocenters. The summed E-state index contributed by atoms with van der Waals surface area (Å²) in [5, 5.41) is 12.6. The van der Waals surface area contributed by atoms with Gasteiger partial charge in [0.2, 0.25) is 0 Å². The molecule has 0 saturated heterocycles. The van der Waals surface area contributed by atoms with E-state index in [1.165, 1.54) is 11.3 Å². The third kappa shape index (κ3) is 4.09. The van der Waals surface area contributed by atoms with Crippen molar-refractivity contribution >= 4 is 22.9 Å². The summed E-state index contributed by atoms with van der Waals surface area (Å²) < 4.78 is 0.783. The van der Waals surface area contributed by atoms with E-state index in [1.54, 1.807) is 0 Å². The highest BCUT2D eigenvalue weighted by Crippen LogP contribution is 2.22. The molecule has 1 aromatic rings. The van der Waals surface area contributed by atoms with E-state index < -0.39 is 0 Å². The number of hydrogen-bond acceptors (Lipinski definition) is 3. The first-order valence-corrected chi connectivity index (χ1v) is 5.54. The molecule has 0 radical (unpaired) electrons. The number of aliphatic hydroxyl groups is 1. The number of hydrogen-bond donors (Lipinski definition) is 2. The number of nitrogens with one attached hydrogen (secondary N) is 1. The van der Waals surface area contributed by atoms with Crippen molar-refractivity contribution in [1.29, 1.82) is 0 Å². The van der Waals surface area contributed by atoms with E-state index in [1.807, 2.05) is 19.1 Å². The number of halogens is 1. The van der Waals surface area contributed by atoms with E-state index >= 15 is 0 Å². The predicted octanol–water partition coefficient (Wildman–Crippen LogP) is 1.91. The average molecular weight is 220 g/mol. The summed E-state index contributed by atoms with van der Waals surface area (Å²) in [6.07, 6.45) is 0.374. The van der Waals surface area contributed by atoms with Gasteiger partial charge in [0.05, 0.1) is 10.4 Å². The smallest absolute Gasteiger partial charge is 0.0931 e. The molecule has 1 rings (SSSR count). The molecule has 0 bridgehead atoms. The molecular formula is C9H14ClNOS. The van der Waals surface area contributed by atoms with Crippen LogP contribution in [-0.4, -0.2) is 24.3 Å². The molecule has 0 aliphatic rings. The average Bonchev–Trinajstić information content (AvgIpc) is 2.48. The van der Waals surface area contributed by atoms with E-state index in [-0.39, 0.29) is 6.10 Å². The Balaban J connectivity index is 2.31. The SMILES string of the molecule is CCNCC(O)Cc1ccc(Cl)s1. The maximum absolute atomic E-state index is 9.54. The fraction of sp³-hybridized carbons (Fsp3) is 0.556. The van der Waals surface area contributed by atoms with Gasteiger partial charge in [0.25, 0.3) is 0 Å². The highest BCUT2D eigenvalue weighted by Gasteiger charge is 2.06. The van der Waals surface area contributed by atoms with Gasteiger partial charge in [0, 0.05) is 17.8 Å². The van der Waals surface area contributed by atoms with Crippen LogP contribution in [0.4, 0.5) is 0 Å². The van der Waals surface area contributed by atoms with Gasteiger partial charge in [-0.2, -0.15) is 0 Å². The lowest BCUT2D eigenvalue weighted by molar-refractivity contribution is 0.173. The Bertz CT molecular complexity index is 252. The topological polar surface area (TPSA) is 32.3 Å². The molecule has 1 heterocycles. The van der Waals surface area contributed by atoms with Crippen LogP contribution in [0.2, 0.25) is 4.34 Å². The van der Waals surface area contributed by atoms with Gasteiger partial charge in [-0.15, -0.1) is 11.3 Å². The van der Waals surface area contributed by atoms with E-state index in [0.29, 0.717) is 13.0 Å². The molecule has 0 saturated carbocycles. The molecule has 0 aliphatic carbocycles. The van der Waals surface area contributed by atoms with Gasteiger partial charge in [-0.1, -0.05) is 18.5 Å². The molecule has 0 amide bonds. The number of aliphatic hydroxyl groups excluding tert-OH is 1. The molecule has 1 aromatic heterocycles. The Morgan fingerprint density at radius 3 is 2.92 bits per heavy atom. The summed E-state index contributed by atoms with van der Waals surface area (Å²) in [5.74, 6) is 0. The second-order valence-electron chi connectivity index (χ2n) is 2.87. The fourth-order valence-corrected chi connectivity index (χ4v) is 2.24. The quantitative estimate of drug-likeness (QED) is 0.793. The zero-order valence-electron chi connectivity index (χ0n) is 7.59. The Kier molecular flexibility index (Phi) is 4.73. The summed E-state index contributed by atoms with van der Waals surface area (Å²) in [5.41, 5.74) is 0. The molecule has 0 fully saturated rings. The first-order chi connectivity index (χ1) is 6.22. The number of rotatable bonds is 5. The van der Waals surface area contributed by atoms with Gasteiger partial charge in [-0.25, -0.2) is 0 Å². The summed E-state index contributed by atoms with van der Waals surface area (Å²) in [4.78, 5) is 1.13. The highest BCUT2D eigenvalue weighted by atomic mass is 35.5. The fourth-order valence-electron chi connectivity index (χ4n) is 1.08. The molecule has 13 heavy (non-hydrogen) atoms. The zero-order valence-corrected chi connectivity index (χ0v) is 9.16. The molecule has 2 nitrogen and oxygen atoms in total. The molecule has 0 spiro atoms. The van der Waals surface area contributed by atoms with Crippen LogP contribution >= 0.6 is 22.9 Å². The first kappa shape index (κ1) is 11.0. The molecule has 2 N–H and O–H groups in total. The summed E-state index contributed by atoms with van der Waals surface area (Å²) in [6.45, 7) is 3.56. The van der Waals surface area contributed by atoms with Crippen LogP contribution in [0.5, 0.6) is 0 Å². The Morgan fingerprint density at radius 2 is 2.38 bits per heavy atom. The van der Waals surface area contributed by atoms with Crippen molar-refractivity contribution in [3.05, 3.63) is 21.3 Å². The molecular weight excluding hydrogens is 206 g/mol. The minimum absolute atomic E-state index is 0.310. The standard InChI is InChI=1S/C9H14ClNOS/c1-2-11-6-7(12)5-8-3-4-9(10)13-8/h3-4,7,11-12H,2,5-6H2,1H3. The largest absolute Gasteiger partial charge is 0.391 e. The second kappa shape index (κ2) is 5.60. The van der Waals surface area contributed by atoms with Crippen LogP contribution in [0.15, 0.2) is 12.1 Å². The monoisotopic (exact) mass is 219 g/mol. The van der Waals surface area contributed by atoms with Crippen LogP contribution in [0.3, 0.4) is 0 Å². The van der Waals surface area contributed by atoms with E-state index in [2.05, 4.69) is 5.32 Å². The van der Waals surface area contributed by atoms with Crippen molar-refractivity contribution in [3.8, 4) is 0 Å². The van der Waals surface area contributed by atoms with Gasteiger partial charge in [0.15, 0.2) is 0 Å². The predicted molar refractivity (Wildman–Crippen MR) is 57.6 cm³/mol. The van der Waals surface area contributed by atoms with E-state index in [4.69, 9.17) is 11.6 Å². The lowest BCUT2D eigenvalue weighted by Crippen LogP contribution is -2.27. The second-order valence-corrected chi connectivity index (χ2v) is 4.67. The summed E-state index contributed by atoms with van der Waals surface area (Å²) >= 11 is 7.30. The van der Waals surface area contributed by atoms with E-state index in [0.717, 1.165) is 15.8 Å². The van der Waals surface area contributed by atoms with Gasteiger partial charge in [0.1, 0.15) is 0 Å². The zero-order chi connectivity index (χ0) is 9.68. The maximum atomic E-state index is 9.54. The van der Waals surface area contributed by atoms with Gasteiger partial charge in [-0.05, 0) is 18.7 Å². The van der Waals surface area contributed by atoms with Crippen LogP contribution in [0.1, 0.15) is 11.8 Å². The molecule has 74 valence electrons. The summed E-state index contributed by atoms with van der Waals surface area (Å²) in [6, 6.07) is 3.82. The van der Waals surface area contributed by atoms with Crippen molar-refractivity contribution in [1.82, 2.24) is 5.32 Å². The van der Waals surface area contributed by atoms with Crippen LogP contribution in [0, 0.1) is 0 Å². The minimum Gasteiger partial charge on any atom is -0.391 e. The van der Waals surface area contributed by atoms with Crippen molar-refractivity contribution in [3.63, 3.8) is 0 Å². The van der Waals surface area contributed by atoms with Crippen LogP contribution < -0.4 is 5.32 Å². The normalized spacial score (nSPS) is 13.2. The Morgan fingerprint density at radius 1 is 1.62 bits per heavy atom. The Hall–Kier alpha value is -0.0900. The third-order valence-corrected chi connectivity index (χ3v) is 2.95. The van der Waals surface area contributed by atoms with Gasteiger partial charge >= 0.3 is 0 Å².